The van der Waals surface area contributed by atoms with Crippen molar-refractivity contribution >= 4 is 39.1 Å². The molecule has 0 bridgehead atoms. The molecule has 0 aliphatic carbocycles. The first-order chi connectivity index (χ1) is 18.7. The third-order valence-electron chi connectivity index (χ3n) is 6.05. The fourth-order valence-electron chi connectivity index (χ4n) is 4.12. The zero-order chi connectivity index (χ0) is 28.4. The molecular formula is C29H34ClN3O5S. The summed E-state index contributed by atoms with van der Waals surface area (Å²) in [5.41, 5.74) is 1.06. The number of likely N-dealkylation sites (N-methyl/N-ethyl adjacent to an activating group) is 1. The van der Waals surface area contributed by atoms with Gasteiger partial charge in [0.1, 0.15) is 18.3 Å². The topological polar surface area (TPSA) is 96.0 Å². The van der Waals surface area contributed by atoms with Gasteiger partial charge < -0.3 is 15.0 Å². The number of halogens is 1. The third kappa shape index (κ3) is 7.74. The van der Waals surface area contributed by atoms with E-state index in [1.54, 1.807) is 73.7 Å². The lowest BCUT2D eigenvalue weighted by atomic mass is 10.1. The summed E-state index contributed by atoms with van der Waals surface area (Å²) in [6, 6.07) is 20.6. The van der Waals surface area contributed by atoms with Crippen molar-refractivity contribution in [2.75, 3.05) is 24.0 Å². The number of amides is 2. The predicted octanol–water partition coefficient (Wildman–Crippen LogP) is 4.88. The van der Waals surface area contributed by atoms with Gasteiger partial charge in [0.05, 0.1) is 17.2 Å². The molecule has 0 fully saturated rings. The second-order valence-corrected chi connectivity index (χ2v) is 11.0. The van der Waals surface area contributed by atoms with Crippen molar-refractivity contribution in [2.24, 2.45) is 0 Å². The van der Waals surface area contributed by atoms with Crippen LogP contribution in [-0.2, 0) is 26.2 Å². The second-order valence-electron chi connectivity index (χ2n) is 8.72. The van der Waals surface area contributed by atoms with Gasteiger partial charge in [0, 0.05) is 18.1 Å². The highest BCUT2D eigenvalue weighted by molar-refractivity contribution is 7.92. The maximum absolute atomic E-state index is 13.9. The van der Waals surface area contributed by atoms with Crippen molar-refractivity contribution in [1.82, 2.24) is 10.2 Å². The lowest BCUT2D eigenvalue weighted by Crippen LogP contribution is -2.52. The van der Waals surface area contributed by atoms with Gasteiger partial charge in [-0.15, -0.1) is 0 Å². The molecule has 3 aromatic carbocycles. The molecule has 0 aliphatic heterocycles. The molecule has 8 nitrogen and oxygen atoms in total. The molecule has 1 atom stereocenters. The molecule has 10 heteroatoms. The molecule has 0 unspecified atom stereocenters. The summed E-state index contributed by atoms with van der Waals surface area (Å²) in [4.78, 5) is 28.4. The van der Waals surface area contributed by atoms with Gasteiger partial charge in [-0.2, -0.15) is 0 Å². The number of benzene rings is 3. The molecule has 0 saturated heterocycles. The Morgan fingerprint density at radius 1 is 0.923 bits per heavy atom. The van der Waals surface area contributed by atoms with Crippen LogP contribution in [0.15, 0.2) is 83.8 Å². The van der Waals surface area contributed by atoms with Crippen LogP contribution in [-0.4, -0.2) is 50.9 Å². The van der Waals surface area contributed by atoms with E-state index in [1.165, 1.54) is 17.0 Å². The Morgan fingerprint density at radius 3 is 2.13 bits per heavy atom. The highest BCUT2D eigenvalue weighted by Crippen LogP contribution is 2.27. The largest absolute Gasteiger partial charge is 0.494 e. The molecule has 0 aromatic heterocycles. The van der Waals surface area contributed by atoms with Crippen LogP contribution in [0.3, 0.4) is 0 Å². The van der Waals surface area contributed by atoms with Crippen LogP contribution in [0.1, 0.15) is 32.8 Å². The Hall–Kier alpha value is -3.56. The van der Waals surface area contributed by atoms with Crippen molar-refractivity contribution in [1.29, 1.82) is 0 Å². The maximum Gasteiger partial charge on any atom is 0.264 e. The van der Waals surface area contributed by atoms with Gasteiger partial charge in [-0.3, -0.25) is 13.9 Å². The van der Waals surface area contributed by atoms with Crippen molar-refractivity contribution in [3.8, 4) is 5.75 Å². The monoisotopic (exact) mass is 571 g/mol. The number of carbonyl (C=O) groups excluding carboxylic acids is 2. The fraction of sp³-hybridized carbons (Fsp3) is 0.310. The van der Waals surface area contributed by atoms with Gasteiger partial charge in [0.25, 0.3) is 10.0 Å². The summed E-state index contributed by atoms with van der Waals surface area (Å²) >= 11 is 6.04. The summed E-state index contributed by atoms with van der Waals surface area (Å²) in [6.07, 6.45) is 0.347. The Kier molecular flexibility index (Phi) is 10.8. The molecular weight excluding hydrogens is 538 g/mol. The van der Waals surface area contributed by atoms with Crippen LogP contribution in [0, 0.1) is 0 Å². The van der Waals surface area contributed by atoms with E-state index < -0.39 is 28.5 Å². The third-order valence-corrected chi connectivity index (χ3v) is 8.09. The van der Waals surface area contributed by atoms with E-state index in [0.717, 1.165) is 9.87 Å². The average molecular weight is 572 g/mol. The number of nitrogens with one attached hydrogen (secondary N) is 1. The van der Waals surface area contributed by atoms with Gasteiger partial charge in [-0.25, -0.2) is 8.42 Å². The molecule has 3 aromatic rings. The van der Waals surface area contributed by atoms with Crippen LogP contribution in [0.4, 0.5) is 5.69 Å². The molecule has 0 heterocycles. The molecule has 0 spiro atoms. The van der Waals surface area contributed by atoms with Crippen molar-refractivity contribution < 1.29 is 22.7 Å². The molecule has 0 radical (unpaired) electrons. The SMILES string of the molecule is CCNC(=O)[C@H](CC)N(Cc1ccc(Cl)cc1)C(=O)CN(c1ccc(OCC)cc1)S(=O)(=O)c1ccccc1. The van der Waals surface area contributed by atoms with E-state index in [0.29, 0.717) is 36.0 Å². The number of rotatable bonds is 13. The smallest absolute Gasteiger partial charge is 0.264 e. The summed E-state index contributed by atoms with van der Waals surface area (Å²) in [7, 11) is -4.12. The van der Waals surface area contributed by atoms with E-state index in [4.69, 9.17) is 16.3 Å². The summed E-state index contributed by atoms with van der Waals surface area (Å²) < 4.78 is 34.2. The maximum atomic E-state index is 13.9. The highest BCUT2D eigenvalue weighted by atomic mass is 35.5. The Balaban J connectivity index is 2.04. The van der Waals surface area contributed by atoms with Gasteiger partial charge in [-0.05, 0) is 74.4 Å². The van der Waals surface area contributed by atoms with E-state index in [1.807, 2.05) is 13.8 Å². The summed E-state index contributed by atoms with van der Waals surface area (Å²) in [5, 5.41) is 3.33. The van der Waals surface area contributed by atoms with E-state index in [-0.39, 0.29) is 17.3 Å². The lowest BCUT2D eigenvalue weighted by molar-refractivity contribution is -0.140. The lowest BCUT2D eigenvalue weighted by Gasteiger charge is -2.33. The second kappa shape index (κ2) is 14.0. The molecule has 0 saturated carbocycles. The van der Waals surface area contributed by atoms with Crippen LogP contribution >= 0.6 is 11.6 Å². The highest BCUT2D eigenvalue weighted by Gasteiger charge is 2.33. The minimum Gasteiger partial charge on any atom is -0.494 e. The number of ether oxygens (including phenoxy) is 1. The normalized spacial score (nSPS) is 11.9. The average Bonchev–Trinajstić information content (AvgIpc) is 2.94. The van der Waals surface area contributed by atoms with Crippen LogP contribution in [0.25, 0.3) is 0 Å². The first kappa shape index (κ1) is 30.0. The predicted molar refractivity (Wildman–Crippen MR) is 153 cm³/mol. The number of sulfonamides is 1. The van der Waals surface area contributed by atoms with Crippen LogP contribution in [0.5, 0.6) is 5.75 Å². The minimum absolute atomic E-state index is 0.0479. The van der Waals surface area contributed by atoms with Gasteiger partial charge >= 0.3 is 0 Å². The minimum atomic E-state index is -4.12. The van der Waals surface area contributed by atoms with Crippen LogP contribution < -0.4 is 14.4 Å². The van der Waals surface area contributed by atoms with Crippen molar-refractivity contribution in [3.63, 3.8) is 0 Å². The number of hydrogen-bond acceptors (Lipinski definition) is 5. The fourth-order valence-corrected chi connectivity index (χ4v) is 5.68. The molecule has 0 aliphatic rings. The van der Waals surface area contributed by atoms with Gasteiger partial charge in [-0.1, -0.05) is 48.9 Å². The zero-order valence-corrected chi connectivity index (χ0v) is 23.9. The van der Waals surface area contributed by atoms with Crippen LogP contribution in [0.2, 0.25) is 5.02 Å². The number of anilines is 1. The summed E-state index contributed by atoms with van der Waals surface area (Å²) in [6.45, 7) is 5.93. The van der Waals surface area contributed by atoms with E-state index >= 15 is 0 Å². The summed E-state index contributed by atoms with van der Waals surface area (Å²) in [5.74, 6) is -0.242. The van der Waals surface area contributed by atoms with Crippen molar-refractivity contribution in [3.05, 3.63) is 89.4 Å². The van der Waals surface area contributed by atoms with E-state index in [2.05, 4.69) is 5.32 Å². The first-order valence-electron chi connectivity index (χ1n) is 12.8. The quantitative estimate of drug-likeness (QED) is 0.315. The standard InChI is InChI=1S/C29H34ClN3O5S/c1-4-27(29(35)31-5-2)32(20-22-12-14-23(30)15-13-22)28(34)21-33(24-16-18-25(19-17-24)38-6-3)39(36,37)26-10-8-7-9-11-26/h7-19,27H,4-6,20-21H2,1-3H3,(H,31,35)/t27-/m0/s1. The molecule has 208 valence electrons. The molecule has 39 heavy (non-hydrogen) atoms. The zero-order valence-electron chi connectivity index (χ0n) is 22.3. The molecule has 1 N–H and O–H groups in total. The Bertz CT molecular complexity index is 1330. The Morgan fingerprint density at radius 2 is 1.56 bits per heavy atom. The first-order valence-corrected chi connectivity index (χ1v) is 14.6. The van der Waals surface area contributed by atoms with Gasteiger partial charge in [0.2, 0.25) is 11.8 Å². The number of carbonyl (C=O) groups is 2. The van der Waals surface area contributed by atoms with E-state index in [9.17, 15) is 18.0 Å². The number of hydrogen-bond donors (Lipinski definition) is 1. The molecule has 2 amide bonds. The Labute approximate surface area is 235 Å². The molecule has 3 rings (SSSR count). The van der Waals surface area contributed by atoms with Crippen molar-refractivity contribution in [2.45, 2.75) is 44.7 Å². The van der Waals surface area contributed by atoms with Gasteiger partial charge in [0.15, 0.2) is 0 Å². The number of nitrogens with zero attached hydrogens (tertiary/aromatic N) is 2.